The number of nitrogens with zero attached hydrogens (tertiary/aromatic N) is 2. The first-order valence-corrected chi connectivity index (χ1v) is 6.35. The van der Waals surface area contributed by atoms with E-state index < -0.39 is 0 Å². The van der Waals surface area contributed by atoms with Crippen molar-refractivity contribution in [2.24, 2.45) is 5.73 Å². The second-order valence-electron chi connectivity index (χ2n) is 4.32. The molecule has 0 fully saturated rings. The molecule has 0 atom stereocenters. The van der Waals surface area contributed by atoms with Crippen LogP contribution < -0.4 is 10.6 Å². The lowest BCUT2D eigenvalue weighted by Gasteiger charge is -2.23. The summed E-state index contributed by atoms with van der Waals surface area (Å²) in [5, 5.41) is 11.4. The molecule has 0 bridgehead atoms. The lowest BCUT2D eigenvalue weighted by molar-refractivity contribution is 0.303. The lowest BCUT2D eigenvalue weighted by atomic mass is 10.1. The number of fused-ring (bicyclic) bond motifs is 1. The van der Waals surface area contributed by atoms with E-state index in [1.54, 1.807) is 6.08 Å². The van der Waals surface area contributed by atoms with Crippen LogP contribution in [0.1, 0.15) is 5.69 Å². The van der Waals surface area contributed by atoms with Gasteiger partial charge in [-0.1, -0.05) is 30.3 Å². The van der Waals surface area contributed by atoms with Gasteiger partial charge in [-0.25, -0.2) is 4.98 Å². The summed E-state index contributed by atoms with van der Waals surface area (Å²) in [6.07, 6.45) is 1.81. The van der Waals surface area contributed by atoms with Crippen LogP contribution in [0.15, 0.2) is 43.0 Å². The Labute approximate surface area is 113 Å². The van der Waals surface area contributed by atoms with Gasteiger partial charge in [0, 0.05) is 25.0 Å². The fourth-order valence-electron chi connectivity index (χ4n) is 2.14. The first kappa shape index (κ1) is 13.5. The Kier molecular flexibility index (Phi) is 4.49. The Hall–Kier alpha value is -1.91. The number of benzene rings is 1. The minimum absolute atomic E-state index is 0.0801. The van der Waals surface area contributed by atoms with Gasteiger partial charge in [0.25, 0.3) is 0 Å². The molecular weight excluding hydrogens is 238 g/mol. The van der Waals surface area contributed by atoms with Crippen molar-refractivity contribution in [1.29, 1.82) is 0 Å². The highest BCUT2D eigenvalue weighted by Gasteiger charge is 2.11. The van der Waals surface area contributed by atoms with Crippen molar-refractivity contribution in [3.63, 3.8) is 0 Å². The predicted octanol–water partition coefficient (Wildman–Crippen LogP) is 1.68. The van der Waals surface area contributed by atoms with Crippen molar-refractivity contribution in [3.8, 4) is 0 Å². The zero-order chi connectivity index (χ0) is 13.7. The molecule has 100 valence electrons. The summed E-state index contributed by atoms with van der Waals surface area (Å²) in [5.74, 6) is 0.854. The number of pyridine rings is 1. The molecular formula is C15H19N3O. The lowest BCUT2D eigenvalue weighted by Crippen LogP contribution is -2.28. The van der Waals surface area contributed by atoms with Crippen molar-refractivity contribution in [1.82, 2.24) is 4.98 Å². The topological polar surface area (TPSA) is 62.4 Å². The largest absolute Gasteiger partial charge is 0.395 e. The van der Waals surface area contributed by atoms with E-state index in [0.717, 1.165) is 22.3 Å². The molecule has 2 rings (SSSR count). The molecule has 1 aromatic carbocycles. The molecule has 4 heteroatoms. The van der Waals surface area contributed by atoms with Gasteiger partial charge in [-0.3, -0.25) is 0 Å². The molecule has 0 aliphatic heterocycles. The fourth-order valence-corrected chi connectivity index (χ4v) is 2.14. The number of hydrogen-bond donors (Lipinski definition) is 2. The van der Waals surface area contributed by atoms with Crippen LogP contribution in [-0.2, 0) is 6.54 Å². The van der Waals surface area contributed by atoms with Gasteiger partial charge < -0.3 is 15.7 Å². The Morgan fingerprint density at radius 2 is 2.16 bits per heavy atom. The average molecular weight is 257 g/mol. The van der Waals surface area contributed by atoms with Crippen LogP contribution in [-0.4, -0.2) is 29.8 Å². The Balaban J connectivity index is 2.57. The van der Waals surface area contributed by atoms with Crippen LogP contribution in [0, 0.1) is 0 Å². The summed E-state index contributed by atoms with van der Waals surface area (Å²) in [7, 11) is 0. The summed E-state index contributed by atoms with van der Waals surface area (Å²) in [6.45, 7) is 5.41. The zero-order valence-electron chi connectivity index (χ0n) is 10.9. The van der Waals surface area contributed by atoms with Crippen LogP contribution in [0.25, 0.3) is 10.8 Å². The van der Waals surface area contributed by atoms with E-state index in [4.69, 9.17) is 5.73 Å². The van der Waals surface area contributed by atoms with Gasteiger partial charge in [0.05, 0.1) is 12.3 Å². The highest BCUT2D eigenvalue weighted by Crippen LogP contribution is 2.25. The smallest absolute Gasteiger partial charge is 0.137 e. The maximum atomic E-state index is 9.19. The van der Waals surface area contributed by atoms with Crippen molar-refractivity contribution in [2.75, 3.05) is 24.6 Å². The van der Waals surface area contributed by atoms with E-state index in [1.165, 1.54) is 0 Å². The second kappa shape index (κ2) is 6.31. The third kappa shape index (κ3) is 2.92. The molecule has 1 aromatic heterocycles. The monoisotopic (exact) mass is 257 g/mol. The van der Waals surface area contributed by atoms with E-state index in [-0.39, 0.29) is 6.61 Å². The van der Waals surface area contributed by atoms with E-state index in [1.807, 2.05) is 35.2 Å². The minimum Gasteiger partial charge on any atom is -0.395 e. The second-order valence-corrected chi connectivity index (χ2v) is 4.32. The van der Waals surface area contributed by atoms with Crippen LogP contribution in [0.3, 0.4) is 0 Å². The third-order valence-electron chi connectivity index (χ3n) is 3.00. The van der Waals surface area contributed by atoms with Crippen molar-refractivity contribution in [2.45, 2.75) is 6.54 Å². The molecule has 0 unspecified atom stereocenters. The minimum atomic E-state index is 0.0801. The molecule has 0 aliphatic carbocycles. The Morgan fingerprint density at radius 3 is 2.84 bits per heavy atom. The number of aromatic nitrogens is 1. The normalized spacial score (nSPS) is 10.6. The summed E-state index contributed by atoms with van der Waals surface area (Å²) in [6, 6.07) is 10.1. The van der Waals surface area contributed by atoms with E-state index in [9.17, 15) is 5.11 Å². The number of aliphatic hydroxyl groups excluding tert-OH is 1. The van der Waals surface area contributed by atoms with E-state index in [0.29, 0.717) is 19.6 Å². The standard InChI is InChI=1S/C15H19N3O/c1-2-7-18(8-9-19)15-14-6-4-3-5-12(14)10-13(11-16)17-15/h2-6,10,19H,1,7-9,11,16H2. The van der Waals surface area contributed by atoms with Crippen molar-refractivity contribution in [3.05, 3.63) is 48.7 Å². The quantitative estimate of drug-likeness (QED) is 0.773. The van der Waals surface area contributed by atoms with E-state index in [2.05, 4.69) is 11.6 Å². The first-order chi connectivity index (χ1) is 9.30. The molecule has 1 heterocycles. The predicted molar refractivity (Wildman–Crippen MR) is 79.1 cm³/mol. The number of rotatable bonds is 6. The molecule has 19 heavy (non-hydrogen) atoms. The Bertz CT molecular complexity index is 568. The number of aliphatic hydroxyl groups is 1. The molecule has 0 spiro atoms. The van der Waals surface area contributed by atoms with Gasteiger partial charge in [0.15, 0.2) is 0 Å². The van der Waals surface area contributed by atoms with E-state index >= 15 is 0 Å². The van der Waals surface area contributed by atoms with Crippen LogP contribution in [0.2, 0.25) is 0 Å². The van der Waals surface area contributed by atoms with Gasteiger partial charge in [0.2, 0.25) is 0 Å². The number of hydrogen-bond acceptors (Lipinski definition) is 4. The number of nitrogens with two attached hydrogens (primary N) is 1. The summed E-state index contributed by atoms with van der Waals surface area (Å²) in [5.41, 5.74) is 6.56. The highest BCUT2D eigenvalue weighted by molar-refractivity contribution is 5.92. The van der Waals surface area contributed by atoms with Gasteiger partial charge in [-0.05, 0) is 11.5 Å². The molecule has 0 aliphatic rings. The molecule has 0 saturated carbocycles. The van der Waals surface area contributed by atoms with Crippen molar-refractivity contribution >= 4 is 16.6 Å². The highest BCUT2D eigenvalue weighted by atomic mass is 16.3. The maximum absolute atomic E-state index is 9.19. The van der Waals surface area contributed by atoms with Crippen LogP contribution >= 0.6 is 0 Å². The van der Waals surface area contributed by atoms with Gasteiger partial charge in [-0.15, -0.1) is 6.58 Å². The van der Waals surface area contributed by atoms with Gasteiger partial charge in [0.1, 0.15) is 5.82 Å². The summed E-state index contributed by atoms with van der Waals surface area (Å²) < 4.78 is 0. The fraction of sp³-hybridized carbons (Fsp3) is 0.267. The average Bonchev–Trinajstić information content (AvgIpc) is 2.46. The summed E-state index contributed by atoms with van der Waals surface area (Å²) >= 11 is 0. The number of anilines is 1. The maximum Gasteiger partial charge on any atom is 0.137 e. The van der Waals surface area contributed by atoms with Gasteiger partial charge >= 0.3 is 0 Å². The Morgan fingerprint density at radius 1 is 1.37 bits per heavy atom. The molecule has 0 amide bonds. The molecule has 0 saturated heterocycles. The SMILES string of the molecule is C=CCN(CCO)c1nc(CN)cc2ccccc12. The van der Waals surface area contributed by atoms with Crippen LogP contribution in [0.5, 0.6) is 0 Å². The van der Waals surface area contributed by atoms with Crippen molar-refractivity contribution < 1.29 is 5.11 Å². The zero-order valence-corrected chi connectivity index (χ0v) is 10.9. The summed E-state index contributed by atoms with van der Waals surface area (Å²) in [4.78, 5) is 6.61. The van der Waals surface area contributed by atoms with Gasteiger partial charge in [-0.2, -0.15) is 0 Å². The van der Waals surface area contributed by atoms with Crippen LogP contribution in [0.4, 0.5) is 5.82 Å². The molecule has 3 N–H and O–H groups in total. The first-order valence-electron chi connectivity index (χ1n) is 6.35. The molecule has 4 nitrogen and oxygen atoms in total. The molecule has 2 aromatic rings. The molecule has 0 radical (unpaired) electrons. The third-order valence-corrected chi connectivity index (χ3v) is 3.00.